The molecule has 1 fully saturated rings. The van der Waals surface area contributed by atoms with E-state index in [0.717, 1.165) is 24.0 Å². The molecular formula is C20H18ClN3O2S. The third kappa shape index (κ3) is 4.34. The monoisotopic (exact) mass is 399 g/mol. The van der Waals surface area contributed by atoms with Crippen molar-refractivity contribution in [1.82, 2.24) is 10.2 Å². The minimum absolute atomic E-state index is 0.169. The number of thioether (sulfide) groups is 1. The second-order valence-electron chi connectivity index (χ2n) is 6.54. The highest BCUT2D eigenvalue weighted by atomic mass is 35.5. The highest BCUT2D eigenvalue weighted by Gasteiger charge is 2.31. The van der Waals surface area contributed by atoms with Crippen LogP contribution in [-0.4, -0.2) is 16.1 Å². The maximum absolute atomic E-state index is 13.0. The minimum Gasteiger partial charge on any atom is -0.416 e. The van der Waals surface area contributed by atoms with Crippen LogP contribution in [0.3, 0.4) is 0 Å². The number of aryl methyl sites for hydroxylation is 1. The van der Waals surface area contributed by atoms with Crippen molar-refractivity contribution in [2.24, 2.45) is 0 Å². The van der Waals surface area contributed by atoms with Gasteiger partial charge in [0, 0.05) is 16.6 Å². The quantitative estimate of drug-likeness (QED) is 0.563. The Bertz CT molecular complexity index is 957. The van der Waals surface area contributed by atoms with E-state index >= 15 is 0 Å². The van der Waals surface area contributed by atoms with Gasteiger partial charge in [-0.15, -0.1) is 10.2 Å². The zero-order valence-electron chi connectivity index (χ0n) is 14.7. The van der Waals surface area contributed by atoms with Crippen molar-refractivity contribution in [3.05, 3.63) is 70.6 Å². The van der Waals surface area contributed by atoms with Crippen LogP contribution in [0, 0.1) is 6.92 Å². The largest absolute Gasteiger partial charge is 0.416 e. The Hall–Kier alpha value is -2.31. The highest BCUT2D eigenvalue weighted by molar-refractivity contribution is 8.00. The molecule has 1 aromatic heterocycles. The first kappa shape index (κ1) is 18.1. The lowest BCUT2D eigenvalue weighted by Crippen LogP contribution is -2.19. The molecule has 0 unspecified atom stereocenters. The van der Waals surface area contributed by atoms with Gasteiger partial charge in [0.25, 0.3) is 5.22 Å². The molecule has 1 amide bonds. The van der Waals surface area contributed by atoms with Crippen LogP contribution in [0.1, 0.15) is 41.0 Å². The molecule has 138 valence electrons. The van der Waals surface area contributed by atoms with Crippen molar-refractivity contribution < 1.29 is 9.21 Å². The Morgan fingerprint density at radius 1 is 1.22 bits per heavy atom. The van der Waals surface area contributed by atoms with Crippen molar-refractivity contribution in [3.63, 3.8) is 0 Å². The molecule has 0 spiro atoms. The van der Waals surface area contributed by atoms with Gasteiger partial charge in [-0.05, 0) is 54.8 Å². The third-order valence-electron chi connectivity index (χ3n) is 4.35. The summed E-state index contributed by atoms with van der Waals surface area (Å²) in [4.78, 5) is 13.0. The lowest BCUT2D eigenvalue weighted by atomic mass is 10.1. The van der Waals surface area contributed by atoms with E-state index in [1.54, 1.807) is 6.07 Å². The first-order chi connectivity index (χ1) is 13.1. The highest BCUT2D eigenvalue weighted by Crippen LogP contribution is 2.42. The lowest BCUT2D eigenvalue weighted by molar-refractivity contribution is -0.115. The molecule has 27 heavy (non-hydrogen) atoms. The van der Waals surface area contributed by atoms with Crippen LogP contribution in [-0.2, 0) is 4.79 Å². The molecule has 7 heteroatoms. The molecule has 2 aromatic carbocycles. The molecule has 5 nitrogen and oxygen atoms in total. The number of anilines is 1. The second-order valence-corrected chi connectivity index (χ2v) is 8.01. The molecule has 0 saturated heterocycles. The summed E-state index contributed by atoms with van der Waals surface area (Å²) < 4.78 is 5.73. The lowest BCUT2D eigenvalue weighted by Gasteiger charge is -2.15. The van der Waals surface area contributed by atoms with E-state index in [-0.39, 0.29) is 5.91 Å². The van der Waals surface area contributed by atoms with E-state index in [4.69, 9.17) is 16.0 Å². The van der Waals surface area contributed by atoms with Crippen molar-refractivity contribution in [2.75, 3.05) is 5.32 Å². The van der Waals surface area contributed by atoms with E-state index in [9.17, 15) is 4.79 Å². The van der Waals surface area contributed by atoms with Crippen molar-refractivity contribution in [2.45, 2.75) is 36.2 Å². The molecule has 4 rings (SSSR count). The summed E-state index contributed by atoms with van der Waals surface area (Å²) in [6, 6.07) is 15.0. The maximum atomic E-state index is 13.0. The predicted molar refractivity (Wildman–Crippen MR) is 106 cm³/mol. The number of hydrogen-bond acceptors (Lipinski definition) is 5. The van der Waals surface area contributed by atoms with Crippen LogP contribution in [0.25, 0.3) is 0 Å². The van der Waals surface area contributed by atoms with E-state index in [1.807, 2.05) is 49.4 Å². The molecule has 0 aliphatic heterocycles. The van der Waals surface area contributed by atoms with Gasteiger partial charge in [-0.1, -0.05) is 48.0 Å². The number of hydrogen-bond donors (Lipinski definition) is 1. The number of nitrogens with zero attached hydrogens (tertiary/aromatic N) is 2. The summed E-state index contributed by atoms with van der Waals surface area (Å²) in [6.07, 6.45) is 2.17. The van der Waals surface area contributed by atoms with Gasteiger partial charge >= 0.3 is 0 Å². The van der Waals surface area contributed by atoms with E-state index in [1.165, 1.54) is 11.8 Å². The zero-order valence-corrected chi connectivity index (χ0v) is 16.3. The van der Waals surface area contributed by atoms with Crippen LogP contribution in [0.2, 0.25) is 5.02 Å². The standard InChI is InChI=1S/C20H18ClN3O2S/c1-12-7-10-15(11-16(12)21)22-18(25)17(13-5-3-2-4-6-13)27-20-24-23-19(26-20)14-8-9-14/h2-7,10-11,14,17H,8-9H2,1H3,(H,22,25)/t17-/m0/s1. The summed E-state index contributed by atoms with van der Waals surface area (Å²) in [6.45, 7) is 1.92. The molecule has 0 bridgehead atoms. The molecule has 1 saturated carbocycles. The summed E-state index contributed by atoms with van der Waals surface area (Å²) in [5.41, 5.74) is 2.48. The van der Waals surface area contributed by atoms with Gasteiger partial charge in [0.15, 0.2) is 0 Å². The van der Waals surface area contributed by atoms with Crippen LogP contribution in [0.4, 0.5) is 5.69 Å². The van der Waals surface area contributed by atoms with E-state index in [2.05, 4.69) is 15.5 Å². The summed E-state index contributed by atoms with van der Waals surface area (Å²) in [7, 11) is 0. The van der Waals surface area contributed by atoms with Gasteiger partial charge in [-0.25, -0.2) is 0 Å². The molecule has 0 radical (unpaired) electrons. The second kappa shape index (κ2) is 7.74. The summed E-state index contributed by atoms with van der Waals surface area (Å²) in [5.74, 6) is 0.873. The molecule has 1 atom stereocenters. The molecule has 3 aromatic rings. The molecule has 1 aliphatic rings. The molecule has 1 heterocycles. The van der Waals surface area contributed by atoms with Crippen LogP contribution in [0.15, 0.2) is 58.2 Å². The zero-order chi connectivity index (χ0) is 18.8. The Kier molecular flexibility index (Phi) is 5.18. The number of amides is 1. The number of carbonyl (C=O) groups is 1. The topological polar surface area (TPSA) is 68.0 Å². The Morgan fingerprint density at radius 2 is 2.00 bits per heavy atom. The van der Waals surface area contributed by atoms with Gasteiger partial charge in [0.05, 0.1) is 0 Å². The van der Waals surface area contributed by atoms with Gasteiger partial charge in [-0.3, -0.25) is 4.79 Å². The predicted octanol–water partition coefficient (Wildman–Crippen LogP) is 5.38. The van der Waals surface area contributed by atoms with Crippen molar-refractivity contribution in [3.8, 4) is 0 Å². The SMILES string of the molecule is Cc1ccc(NC(=O)[C@@H](Sc2nnc(C3CC3)o2)c2ccccc2)cc1Cl. The fraction of sp³-hybridized carbons (Fsp3) is 0.250. The fourth-order valence-corrected chi connectivity index (χ4v) is 3.71. The van der Waals surface area contributed by atoms with Crippen LogP contribution < -0.4 is 5.32 Å². The molecule has 1 aliphatic carbocycles. The smallest absolute Gasteiger partial charge is 0.277 e. The summed E-state index contributed by atoms with van der Waals surface area (Å²) >= 11 is 7.43. The van der Waals surface area contributed by atoms with Crippen LogP contribution >= 0.6 is 23.4 Å². The molecule has 1 N–H and O–H groups in total. The number of rotatable bonds is 6. The first-order valence-corrected chi connectivity index (χ1v) is 9.98. The normalized spacial score (nSPS) is 14.7. The Labute approximate surface area is 166 Å². The van der Waals surface area contributed by atoms with Crippen molar-refractivity contribution in [1.29, 1.82) is 0 Å². The van der Waals surface area contributed by atoms with Gasteiger partial charge < -0.3 is 9.73 Å². The Balaban J connectivity index is 1.56. The third-order valence-corrected chi connectivity index (χ3v) is 5.84. The van der Waals surface area contributed by atoms with E-state index < -0.39 is 5.25 Å². The van der Waals surface area contributed by atoms with Gasteiger partial charge in [-0.2, -0.15) is 0 Å². The van der Waals surface area contributed by atoms with Gasteiger partial charge in [0.2, 0.25) is 11.8 Å². The average Bonchev–Trinajstić information content (AvgIpc) is 3.42. The first-order valence-electron chi connectivity index (χ1n) is 8.72. The fourth-order valence-electron chi connectivity index (χ4n) is 2.64. The van der Waals surface area contributed by atoms with Gasteiger partial charge in [0.1, 0.15) is 5.25 Å². The number of halogens is 1. The summed E-state index contributed by atoms with van der Waals surface area (Å²) in [5, 5.41) is 11.6. The van der Waals surface area contributed by atoms with Crippen molar-refractivity contribution >= 4 is 35.0 Å². The number of benzene rings is 2. The minimum atomic E-state index is -0.515. The molecular weight excluding hydrogens is 382 g/mol. The maximum Gasteiger partial charge on any atom is 0.277 e. The van der Waals surface area contributed by atoms with Crippen LogP contribution in [0.5, 0.6) is 0 Å². The number of nitrogens with one attached hydrogen (secondary N) is 1. The number of aromatic nitrogens is 2. The average molecular weight is 400 g/mol. The van der Waals surface area contributed by atoms with E-state index in [0.29, 0.717) is 27.7 Å². The number of carbonyl (C=O) groups excluding carboxylic acids is 1. The Morgan fingerprint density at radius 3 is 2.70 bits per heavy atom.